The van der Waals surface area contributed by atoms with Gasteiger partial charge in [0.15, 0.2) is 0 Å². The quantitative estimate of drug-likeness (QED) is 0.393. The molecule has 104 valence electrons. The van der Waals surface area contributed by atoms with Crippen LogP contribution in [0.4, 0.5) is 0 Å². The molecule has 5 atom stereocenters. The van der Waals surface area contributed by atoms with Crippen molar-refractivity contribution in [1.29, 1.82) is 0 Å². The Labute approximate surface area is 112 Å². The van der Waals surface area contributed by atoms with Gasteiger partial charge in [0.1, 0.15) is 6.10 Å². The van der Waals surface area contributed by atoms with E-state index in [-0.39, 0.29) is 23.9 Å². The molecule has 0 radical (unpaired) electrons. The number of ether oxygens (including phenoxy) is 1. The van der Waals surface area contributed by atoms with Crippen LogP contribution in [-0.2, 0) is 9.53 Å². The molecule has 1 saturated heterocycles. The zero-order valence-corrected chi connectivity index (χ0v) is 11.3. The Bertz CT molecular complexity index is 488. The second-order valence-corrected chi connectivity index (χ2v) is 6.38. The van der Waals surface area contributed by atoms with Gasteiger partial charge in [-0.05, 0) is 25.8 Å². The molecule has 2 N–H and O–H groups in total. The highest BCUT2D eigenvalue weighted by molar-refractivity contribution is 5.90. The third kappa shape index (κ3) is 1.77. The molecule has 0 unspecified atom stereocenters. The van der Waals surface area contributed by atoms with Crippen LogP contribution in [0, 0.1) is 11.8 Å². The molecule has 3 aliphatic rings. The third-order valence-electron chi connectivity index (χ3n) is 5.00. The van der Waals surface area contributed by atoms with E-state index in [0.717, 1.165) is 11.1 Å². The maximum atomic E-state index is 11.6. The summed E-state index contributed by atoms with van der Waals surface area (Å²) >= 11 is 0. The fraction of sp³-hybridized carbons (Fsp3) is 0.667. The van der Waals surface area contributed by atoms with E-state index in [1.807, 2.05) is 6.92 Å². The number of fused-ring (bicyclic) bond motifs is 2. The van der Waals surface area contributed by atoms with Gasteiger partial charge in [-0.15, -0.1) is 0 Å². The zero-order chi connectivity index (χ0) is 13.9. The molecular formula is C15H20O4. The van der Waals surface area contributed by atoms with Crippen molar-refractivity contribution in [3.63, 3.8) is 0 Å². The molecule has 4 heteroatoms. The van der Waals surface area contributed by atoms with Crippen LogP contribution in [0.2, 0.25) is 0 Å². The minimum atomic E-state index is -0.920. The molecule has 2 fully saturated rings. The summed E-state index contributed by atoms with van der Waals surface area (Å²) in [7, 11) is 0. The summed E-state index contributed by atoms with van der Waals surface area (Å²) in [5, 5.41) is 20.7. The summed E-state index contributed by atoms with van der Waals surface area (Å²) in [6.07, 6.45) is 0.868. The van der Waals surface area contributed by atoms with Gasteiger partial charge in [-0.25, -0.2) is 4.79 Å². The predicted octanol–water partition coefficient (Wildman–Crippen LogP) is 1.33. The zero-order valence-electron chi connectivity index (χ0n) is 11.3. The lowest BCUT2D eigenvalue weighted by atomic mass is 9.81. The molecule has 0 aromatic rings. The first-order valence-electron chi connectivity index (χ1n) is 6.81. The minimum Gasteiger partial charge on any atom is -0.458 e. The average Bonchev–Trinajstić information content (AvgIpc) is 2.61. The van der Waals surface area contributed by atoms with Gasteiger partial charge in [-0.3, -0.25) is 0 Å². The van der Waals surface area contributed by atoms with E-state index in [4.69, 9.17) is 4.74 Å². The van der Waals surface area contributed by atoms with Gasteiger partial charge >= 0.3 is 5.97 Å². The highest BCUT2D eigenvalue weighted by Crippen LogP contribution is 2.50. The number of rotatable bonds is 0. The smallest absolute Gasteiger partial charge is 0.334 e. The van der Waals surface area contributed by atoms with E-state index in [0.29, 0.717) is 24.8 Å². The molecule has 1 aliphatic heterocycles. The van der Waals surface area contributed by atoms with E-state index in [9.17, 15) is 15.0 Å². The van der Waals surface area contributed by atoms with Gasteiger partial charge in [0.25, 0.3) is 0 Å². The molecular weight excluding hydrogens is 244 g/mol. The summed E-state index contributed by atoms with van der Waals surface area (Å²) in [6, 6.07) is 0. The standard InChI is InChI=1S/C15H20O4/c1-7-4-12-9(8(2)14(17)19-12)5-10-13(7)11(16)6-15(10,3)18/h9-12,16,18H,2,4-6H2,1,3H3/t9-,10-,11+,12-,15-/m1/s1. The number of carbonyl (C=O) groups excluding carboxylic acids is 1. The molecule has 0 bridgehead atoms. The summed E-state index contributed by atoms with van der Waals surface area (Å²) < 4.78 is 5.36. The second kappa shape index (κ2) is 3.93. The molecule has 1 saturated carbocycles. The fourth-order valence-electron chi connectivity index (χ4n) is 4.00. The lowest BCUT2D eigenvalue weighted by Crippen LogP contribution is -2.32. The normalized spacial score (nSPS) is 45.9. The topological polar surface area (TPSA) is 66.8 Å². The van der Waals surface area contributed by atoms with Crippen LogP contribution in [0.15, 0.2) is 23.3 Å². The first-order chi connectivity index (χ1) is 8.81. The Morgan fingerprint density at radius 2 is 2.16 bits per heavy atom. The summed E-state index contributed by atoms with van der Waals surface area (Å²) in [5.74, 6) is -0.463. The number of aliphatic hydroxyl groups excluding tert-OH is 1. The van der Waals surface area contributed by atoms with Crippen LogP contribution in [0.5, 0.6) is 0 Å². The Morgan fingerprint density at radius 1 is 1.47 bits per heavy atom. The monoisotopic (exact) mass is 264 g/mol. The van der Waals surface area contributed by atoms with Crippen LogP contribution >= 0.6 is 0 Å². The first kappa shape index (κ1) is 12.9. The molecule has 0 aromatic carbocycles. The molecule has 0 amide bonds. The van der Waals surface area contributed by atoms with E-state index in [2.05, 4.69) is 6.58 Å². The van der Waals surface area contributed by atoms with Crippen LogP contribution in [0.25, 0.3) is 0 Å². The van der Waals surface area contributed by atoms with Crippen molar-refractivity contribution < 1.29 is 19.7 Å². The maximum absolute atomic E-state index is 11.6. The highest BCUT2D eigenvalue weighted by Gasteiger charge is 2.52. The molecule has 19 heavy (non-hydrogen) atoms. The number of hydrogen-bond acceptors (Lipinski definition) is 4. The lowest BCUT2D eigenvalue weighted by Gasteiger charge is -2.27. The van der Waals surface area contributed by atoms with Crippen molar-refractivity contribution in [2.45, 2.75) is 50.9 Å². The Hall–Kier alpha value is -1.13. The van der Waals surface area contributed by atoms with E-state index >= 15 is 0 Å². The lowest BCUT2D eigenvalue weighted by molar-refractivity contribution is -0.139. The molecule has 0 spiro atoms. The average molecular weight is 264 g/mol. The Balaban J connectivity index is 2.02. The molecule has 0 aromatic heterocycles. The number of hydrogen-bond donors (Lipinski definition) is 2. The van der Waals surface area contributed by atoms with Gasteiger partial charge in [-0.1, -0.05) is 12.2 Å². The maximum Gasteiger partial charge on any atom is 0.334 e. The number of aliphatic hydroxyl groups is 2. The van der Waals surface area contributed by atoms with Gasteiger partial charge in [-0.2, -0.15) is 0 Å². The van der Waals surface area contributed by atoms with Crippen molar-refractivity contribution in [1.82, 2.24) is 0 Å². The number of esters is 1. The van der Waals surface area contributed by atoms with Crippen LogP contribution in [-0.4, -0.2) is 34.0 Å². The van der Waals surface area contributed by atoms with Crippen molar-refractivity contribution >= 4 is 5.97 Å². The second-order valence-electron chi connectivity index (χ2n) is 6.38. The van der Waals surface area contributed by atoms with Gasteiger partial charge in [0, 0.05) is 30.3 Å². The summed E-state index contributed by atoms with van der Waals surface area (Å²) in [5.41, 5.74) is 1.58. The van der Waals surface area contributed by atoms with Crippen molar-refractivity contribution in [2.24, 2.45) is 11.8 Å². The Kier molecular flexibility index (Phi) is 2.67. The van der Waals surface area contributed by atoms with Crippen molar-refractivity contribution in [3.05, 3.63) is 23.3 Å². The van der Waals surface area contributed by atoms with Crippen LogP contribution < -0.4 is 0 Å². The van der Waals surface area contributed by atoms with E-state index in [1.165, 1.54) is 0 Å². The van der Waals surface area contributed by atoms with Crippen molar-refractivity contribution in [3.8, 4) is 0 Å². The van der Waals surface area contributed by atoms with Gasteiger partial charge < -0.3 is 14.9 Å². The number of carbonyl (C=O) groups is 1. The minimum absolute atomic E-state index is 0.0401. The van der Waals surface area contributed by atoms with Crippen LogP contribution in [0.1, 0.15) is 33.1 Å². The third-order valence-corrected chi connectivity index (χ3v) is 5.00. The largest absolute Gasteiger partial charge is 0.458 e. The molecule has 2 aliphatic carbocycles. The molecule has 1 heterocycles. The fourth-order valence-corrected chi connectivity index (χ4v) is 4.00. The summed E-state index contributed by atoms with van der Waals surface area (Å²) in [4.78, 5) is 11.6. The predicted molar refractivity (Wildman–Crippen MR) is 69.2 cm³/mol. The van der Waals surface area contributed by atoms with Gasteiger partial charge in [0.05, 0.1) is 11.7 Å². The van der Waals surface area contributed by atoms with Crippen molar-refractivity contribution in [2.75, 3.05) is 0 Å². The van der Waals surface area contributed by atoms with Crippen LogP contribution in [0.3, 0.4) is 0 Å². The molecule has 3 rings (SSSR count). The Morgan fingerprint density at radius 3 is 2.84 bits per heavy atom. The molecule has 4 nitrogen and oxygen atoms in total. The highest BCUT2D eigenvalue weighted by atomic mass is 16.6. The first-order valence-corrected chi connectivity index (χ1v) is 6.81. The van der Waals surface area contributed by atoms with E-state index in [1.54, 1.807) is 6.92 Å². The van der Waals surface area contributed by atoms with E-state index < -0.39 is 11.7 Å². The summed E-state index contributed by atoms with van der Waals surface area (Å²) in [6.45, 7) is 7.56. The SMILES string of the molecule is C=C1C(=O)O[C@@H]2CC(C)=C3[C@@H](C[C@H]12)[C@](C)(O)C[C@@H]3O. The van der Waals surface area contributed by atoms with Gasteiger partial charge in [0.2, 0.25) is 0 Å².